The van der Waals surface area contributed by atoms with Gasteiger partial charge in [-0.3, -0.25) is 9.78 Å². The highest BCUT2D eigenvalue weighted by Gasteiger charge is 2.46. The number of amides is 1. The summed E-state index contributed by atoms with van der Waals surface area (Å²) in [5.41, 5.74) is 0.648. The molecule has 1 fully saturated rings. The maximum atomic E-state index is 11.9. The van der Waals surface area contributed by atoms with Crippen LogP contribution in [-0.4, -0.2) is 21.3 Å². The highest BCUT2D eigenvalue weighted by atomic mass is 16.2. The minimum atomic E-state index is -0.394. The molecule has 1 aliphatic rings. The molecule has 1 aliphatic heterocycles. The number of carbonyl (C=O) groups excluding carboxylic acids is 1. The van der Waals surface area contributed by atoms with Crippen molar-refractivity contribution < 1.29 is 4.79 Å². The number of pyridine rings is 1. The smallest absolute Gasteiger partial charge is 0.224 e. The summed E-state index contributed by atoms with van der Waals surface area (Å²) in [7, 11) is 0. The lowest BCUT2D eigenvalue weighted by Crippen LogP contribution is -2.43. The predicted molar refractivity (Wildman–Crippen MR) is 62.6 cm³/mol. The van der Waals surface area contributed by atoms with E-state index in [0.717, 1.165) is 5.56 Å². The average molecular weight is 229 g/mol. The topological polar surface area (TPSA) is 57.0 Å². The third-order valence-electron chi connectivity index (χ3n) is 3.47. The fourth-order valence-corrected chi connectivity index (χ4v) is 2.21. The van der Waals surface area contributed by atoms with E-state index in [9.17, 15) is 4.79 Å². The summed E-state index contributed by atoms with van der Waals surface area (Å²) < 4.78 is 0. The largest absolute Gasteiger partial charge is 0.332 e. The van der Waals surface area contributed by atoms with Gasteiger partial charge in [0.15, 0.2) is 0 Å². The molecule has 0 spiro atoms. The molecule has 1 unspecified atom stereocenters. The van der Waals surface area contributed by atoms with Crippen LogP contribution in [0.5, 0.6) is 0 Å². The van der Waals surface area contributed by atoms with Gasteiger partial charge in [0, 0.05) is 25.4 Å². The van der Waals surface area contributed by atoms with Gasteiger partial charge in [-0.15, -0.1) is 0 Å². The summed E-state index contributed by atoms with van der Waals surface area (Å²) in [5.74, 6) is -0.171. The van der Waals surface area contributed by atoms with Gasteiger partial charge in [-0.1, -0.05) is 0 Å². The van der Waals surface area contributed by atoms with E-state index in [4.69, 9.17) is 5.26 Å². The molecule has 1 aromatic heterocycles. The number of hydrogen-bond donors (Lipinski definition) is 0. The summed E-state index contributed by atoms with van der Waals surface area (Å²) in [4.78, 5) is 17.7. The molecule has 1 amide bonds. The highest BCUT2D eigenvalue weighted by Crippen LogP contribution is 2.35. The Balaban J connectivity index is 2.22. The monoisotopic (exact) mass is 229 g/mol. The fourth-order valence-electron chi connectivity index (χ4n) is 2.21. The molecule has 0 bridgehead atoms. The third-order valence-corrected chi connectivity index (χ3v) is 3.47. The molecule has 2 heterocycles. The van der Waals surface area contributed by atoms with Gasteiger partial charge in [0.1, 0.15) is 0 Å². The second-order valence-electron chi connectivity index (χ2n) is 4.87. The van der Waals surface area contributed by atoms with Crippen molar-refractivity contribution in [3.8, 4) is 6.07 Å². The Morgan fingerprint density at radius 1 is 1.53 bits per heavy atom. The SMILES string of the molecule is CC1(C)C(C#N)CC(=O)N1Cc1ccncc1. The molecule has 0 saturated carbocycles. The molecule has 4 nitrogen and oxygen atoms in total. The standard InChI is InChI=1S/C13H15N3O/c1-13(2)11(8-14)7-12(17)16(13)9-10-3-5-15-6-4-10/h3-6,11H,7,9H2,1-2H3. The first-order chi connectivity index (χ1) is 8.05. The number of nitriles is 1. The first-order valence-corrected chi connectivity index (χ1v) is 5.64. The zero-order valence-electron chi connectivity index (χ0n) is 10.1. The van der Waals surface area contributed by atoms with Gasteiger partial charge >= 0.3 is 0 Å². The van der Waals surface area contributed by atoms with E-state index < -0.39 is 5.54 Å². The molecule has 0 radical (unpaired) electrons. The van der Waals surface area contributed by atoms with Crippen LogP contribution in [0.2, 0.25) is 0 Å². The first-order valence-electron chi connectivity index (χ1n) is 5.64. The Hall–Kier alpha value is -1.89. The summed E-state index contributed by atoms with van der Waals surface area (Å²) in [6, 6.07) is 6.01. The van der Waals surface area contributed by atoms with Crippen LogP contribution in [0.1, 0.15) is 25.8 Å². The van der Waals surface area contributed by atoms with E-state index >= 15 is 0 Å². The lowest BCUT2D eigenvalue weighted by Gasteiger charge is -2.33. The van der Waals surface area contributed by atoms with Crippen molar-refractivity contribution in [2.75, 3.05) is 0 Å². The molecule has 2 rings (SSSR count). The van der Waals surface area contributed by atoms with E-state index in [-0.39, 0.29) is 11.8 Å². The zero-order chi connectivity index (χ0) is 12.5. The Labute approximate surface area is 101 Å². The van der Waals surface area contributed by atoms with Gasteiger partial charge in [0.2, 0.25) is 5.91 Å². The van der Waals surface area contributed by atoms with E-state index in [2.05, 4.69) is 11.1 Å². The molecule has 4 heteroatoms. The highest BCUT2D eigenvalue weighted by molar-refractivity contribution is 5.80. The van der Waals surface area contributed by atoms with Crippen molar-refractivity contribution in [2.24, 2.45) is 5.92 Å². The molecule has 0 aliphatic carbocycles. The van der Waals surface area contributed by atoms with Gasteiger partial charge in [-0.2, -0.15) is 5.26 Å². The number of nitrogens with zero attached hydrogens (tertiary/aromatic N) is 3. The normalized spacial score (nSPS) is 22.5. The van der Waals surface area contributed by atoms with Crippen molar-refractivity contribution in [3.05, 3.63) is 30.1 Å². The molecule has 0 aromatic carbocycles. The number of likely N-dealkylation sites (tertiary alicyclic amines) is 1. The zero-order valence-corrected chi connectivity index (χ0v) is 10.1. The molecular weight excluding hydrogens is 214 g/mol. The molecule has 17 heavy (non-hydrogen) atoms. The Morgan fingerprint density at radius 2 is 2.18 bits per heavy atom. The number of carbonyl (C=O) groups is 1. The van der Waals surface area contributed by atoms with Crippen molar-refractivity contribution in [1.82, 2.24) is 9.88 Å². The average Bonchev–Trinajstić information content (AvgIpc) is 2.53. The van der Waals surface area contributed by atoms with Crippen LogP contribution in [0.3, 0.4) is 0 Å². The van der Waals surface area contributed by atoms with Gasteiger partial charge in [-0.05, 0) is 31.5 Å². The minimum Gasteiger partial charge on any atom is -0.332 e. The molecule has 0 N–H and O–H groups in total. The Morgan fingerprint density at radius 3 is 2.71 bits per heavy atom. The van der Waals surface area contributed by atoms with Crippen LogP contribution in [-0.2, 0) is 11.3 Å². The van der Waals surface area contributed by atoms with Gasteiger partial charge in [0.25, 0.3) is 0 Å². The summed E-state index contributed by atoms with van der Waals surface area (Å²) in [6.45, 7) is 4.45. The number of rotatable bonds is 2. The van der Waals surface area contributed by atoms with E-state index in [1.807, 2.05) is 26.0 Å². The second-order valence-corrected chi connectivity index (χ2v) is 4.87. The van der Waals surface area contributed by atoms with Crippen LogP contribution in [0.15, 0.2) is 24.5 Å². The van der Waals surface area contributed by atoms with Crippen LogP contribution in [0.4, 0.5) is 0 Å². The maximum absolute atomic E-state index is 11.9. The maximum Gasteiger partial charge on any atom is 0.224 e. The van der Waals surface area contributed by atoms with E-state index in [0.29, 0.717) is 13.0 Å². The molecule has 88 valence electrons. The number of hydrogen-bond acceptors (Lipinski definition) is 3. The lowest BCUT2D eigenvalue weighted by molar-refractivity contribution is -0.131. The van der Waals surface area contributed by atoms with Gasteiger partial charge in [0.05, 0.1) is 17.5 Å². The van der Waals surface area contributed by atoms with Crippen LogP contribution in [0.25, 0.3) is 0 Å². The Kier molecular flexibility index (Phi) is 2.84. The molecule has 1 saturated heterocycles. The van der Waals surface area contributed by atoms with Crippen molar-refractivity contribution >= 4 is 5.91 Å². The summed E-state index contributed by atoms with van der Waals surface area (Å²) in [5, 5.41) is 9.06. The van der Waals surface area contributed by atoms with E-state index in [1.54, 1.807) is 17.3 Å². The van der Waals surface area contributed by atoms with Gasteiger partial charge in [-0.25, -0.2) is 0 Å². The van der Waals surface area contributed by atoms with Crippen LogP contribution >= 0.6 is 0 Å². The third kappa shape index (κ3) is 2.01. The molecule has 1 aromatic rings. The van der Waals surface area contributed by atoms with Crippen molar-refractivity contribution in [3.63, 3.8) is 0 Å². The van der Waals surface area contributed by atoms with Crippen molar-refractivity contribution in [2.45, 2.75) is 32.4 Å². The fraction of sp³-hybridized carbons (Fsp3) is 0.462. The van der Waals surface area contributed by atoms with Crippen LogP contribution in [0, 0.1) is 17.2 Å². The minimum absolute atomic E-state index is 0.0540. The van der Waals surface area contributed by atoms with E-state index in [1.165, 1.54) is 0 Å². The summed E-state index contributed by atoms with van der Waals surface area (Å²) in [6.07, 6.45) is 3.75. The second kappa shape index (κ2) is 4.17. The molecule has 1 atom stereocenters. The summed E-state index contributed by atoms with van der Waals surface area (Å²) >= 11 is 0. The predicted octanol–water partition coefficient (Wildman–Crippen LogP) is 1.73. The van der Waals surface area contributed by atoms with Gasteiger partial charge < -0.3 is 4.90 Å². The van der Waals surface area contributed by atoms with Crippen molar-refractivity contribution in [1.29, 1.82) is 5.26 Å². The first kappa shape index (κ1) is 11.6. The quantitative estimate of drug-likeness (QED) is 0.776. The lowest BCUT2D eigenvalue weighted by atomic mass is 9.89. The van der Waals surface area contributed by atoms with Crippen LogP contribution < -0.4 is 0 Å². The number of aromatic nitrogens is 1. The molecular formula is C13H15N3O. The Bertz CT molecular complexity index is 461.